The molecule has 3 rings (SSSR count). The number of hydrogen-bond acceptors (Lipinski definition) is 0. The molecule has 0 unspecified atom stereocenters. The minimum absolute atomic E-state index is 0.377. The second-order valence-corrected chi connectivity index (χ2v) is 7.64. The maximum atomic E-state index is 2.31. The van der Waals surface area contributed by atoms with Gasteiger partial charge in [0.2, 0.25) is 0 Å². The Morgan fingerprint density at radius 3 is 2.20 bits per heavy atom. The van der Waals surface area contributed by atoms with Crippen molar-refractivity contribution in [1.82, 2.24) is 0 Å². The van der Waals surface area contributed by atoms with Gasteiger partial charge < -0.3 is 0 Å². The average Bonchev–Trinajstić information content (AvgIpc) is 2.78. The zero-order chi connectivity index (χ0) is 14.1. The molecular weight excluding hydrogens is 307 g/mol. The summed E-state index contributed by atoms with van der Waals surface area (Å²) in [5.74, 6) is 0. The van der Waals surface area contributed by atoms with Crippen molar-refractivity contribution in [2.75, 3.05) is 0 Å². The molecule has 0 aromatic heterocycles. The molecule has 0 aliphatic heterocycles. The first-order chi connectivity index (χ1) is 9.65. The van der Waals surface area contributed by atoms with Crippen LogP contribution in [0.25, 0.3) is 11.1 Å². The van der Waals surface area contributed by atoms with E-state index in [1.54, 1.807) is 0 Å². The van der Waals surface area contributed by atoms with Gasteiger partial charge in [-0.25, -0.2) is 0 Å². The van der Waals surface area contributed by atoms with Crippen molar-refractivity contribution in [1.29, 1.82) is 0 Å². The second-order valence-electron chi connectivity index (χ2n) is 5.30. The molecule has 20 heavy (non-hydrogen) atoms. The fourth-order valence-electron chi connectivity index (χ4n) is 2.77. The van der Waals surface area contributed by atoms with Gasteiger partial charge in [0.1, 0.15) is 0 Å². The molecule has 0 saturated carbocycles. The van der Waals surface area contributed by atoms with Crippen molar-refractivity contribution >= 4 is 23.9 Å². The normalized spacial score (nSPS) is 10.9. The summed E-state index contributed by atoms with van der Waals surface area (Å²) in [6, 6.07) is 20.0. The van der Waals surface area contributed by atoms with E-state index in [-0.39, 0.29) is 0 Å². The summed E-state index contributed by atoms with van der Waals surface area (Å²) in [6.45, 7) is 6.63. The van der Waals surface area contributed by atoms with Crippen LogP contribution in [-0.4, -0.2) is 15.0 Å². The van der Waals surface area contributed by atoms with Crippen molar-refractivity contribution in [2.45, 2.75) is 20.8 Å². The van der Waals surface area contributed by atoms with Gasteiger partial charge in [-0.3, -0.25) is 0 Å². The molecule has 0 radical (unpaired) electrons. The Kier molecular flexibility index (Phi) is 3.65. The zero-order valence-electron chi connectivity index (χ0n) is 12.1. The van der Waals surface area contributed by atoms with Crippen molar-refractivity contribution in [3.8, 4) is 11.1 Å². The van der Waals surface area contributed by atoms with Crippen LogP contribution in [0.5, 0.6) is 0 Å². The molecule has 2 aliphatic carbocycles. The fourth-order valence-corrected chi connectivity index (χ4v) is 4.99. The SMILES string of the molecule is Cc1cc(C)c2ccc([Se]c3ccccc3)c-2c(C)c1. The summed E-state index contributed by atoms with van der Waals surface area (Å²) in [4.78, 5) is 0. The van der Waals surface area contributed by atoms with Crippen LogP contribution in [0.3, 0.4) is 0 Å². The third-order valence-corrected chi connectivity index (χ3v) is 5.84. The molecular formula is C19H18Se. The Morgan fingerprint density at radius 2 is 1.45 bits per heavy atom. The van der Waals surface area contributed by atoms with Crippen LogP contribution in [0.1, 0.15) is 16.7 Å². The molecule has 0 bridgehead atoms. The molecule has 0 nitrogen and oxygen atoms in total. The summed E-state index contributed by atoms with van der Waals surface area (Å²) in [7, 11) is 0. The molecule has 0 saturated heterocycles. The Balaban J connectivity index is 2.12. The Bertz CT molecular complexity index is 714. The molecule has 1 heteroatoms. The third-order valence-electron chi connectivity index (χ3n) is 3.60. The maximum absolute atomic E-state index is 2.31. The van der Waals surface area contributed by atoms with Gasteiger partial charge in [0.25, 0.3) is 0 Å². The van der Waals surface area contributed by atoms with Crippen LogP contribution < -0.4 is 8.92 Å². The molecule has 0 fully saturated rings. The molecule has 2 aliphatic rings. The van der Waals surface area contributed by atoms with E-state index in [0.29, 0.717) is 15.0 Å². The Morgan fingerprint density at radius 1 is 0.750 bits per heavy atom. The van der Waals surface area contributed by atoms with Crippen LogP contribution >= 0.6 is 0 Å². The number of rotatable bonds is 2. The molecule has 0 N–H and O–H groups in total. The molecule has 0 spiro atoms. The number of benzene rings is 1. The predicted molar refractivity (Wildman–Crippen MR) is 88.7 cm³/mol. The molecule has 1 aromatic rings. The van der Waals surface area contributed by atoms with Crippen LogP contribution in [0.2, 0.25) is 0 Å². The summed E-state index contributed by atoms with van der Waals surface area (Å²) in [5, 5.41) is 0. The van der Waals surface area contributed by atoms with E-state index in [4.69, 9.17) is 0 Å². The summed E-state index contributed by atoms with van der Waals surface area (Å²) in [6.07, 6.45) is 0. The van der Waals surface area contributed by atoms with E-state index in [1.165, 1.54) is 36.7 Å². The van der Waals surface area contributed by atoms with E-state index >= 15 is 0 Å². The van der Waals surface area contributed by atoms with Gasteiger partial charge in [-0.05, 0) is 0 Å². The Hall–Kier alpha value is -1.56. The van der Waals surface area contributed by atoms with Gasteiger partial charge in [-0.1, -0.05) is 0 Å². The molecule has 0 amide bonds. The van der Waals surface area contributed by atoms with E-state index in [9.17, 15) is 0 Å². The van der Waals surface area contributed by atoms with Gasteiger partial charge in [0.15, 0.2) is 0 Å². The number of fused-ring (bicyclic) bond motifs is 1. The first-order valence-corrected chi connectivity index (χ1v) is 8.60. The van der Waals surface area contributed by atoms with Crippen LogP contribution in [0, 0.1) is 20.8 Å². The first-order valence-electron chi connectivity index (χ1n) is 6.88. The van der Waals surface area contributed by atoms with Crippen molar-refractivity contribution in [3.05, 3.63) is 71.3 Å². The quantitative estimate of drug-likeness (QED) is 0.634. The fraction of sp³-hybridized carbons (Fsp3) is 0.158. The van der Waals surface area contributed by atoms with Gasteiger partial charge in [-0.2, -0.15) is 0 Å². The van der Waals surface area contributed by atoms with E-state index in [2.05, 4.69) is 75.4 Å². The van der Waals surface area contributed by atoms with Gasteiger partial charge in [0.05, 0.1) is 0 Å². The summed E-state index contributed by atoms with van der Waals surface area (Å²) >= 11 is 0.377. The van der Waals surface area contributed by atoms with Crippen molar-refractivity contribution in [3.63, 3.8) is 0 Å². The standard InChI is InChI=1S/C19H18Se/c1-13-11-14(2)17-9-10-18(19(17)15(3)12-13)20-16-7-5-4-6-8-16/h4-12H,1-3H3. The molecule has 1 aromatic carbocycles. The van der Waals surface area contributed by atoms with Crippen molar-refractivity contribution < 1.29 is 0 Å². The van der Waals surface area contributed by atoms with Gasteiger partial charge >= 0.3 is 127 Å². The summed E-state index contributed by atoms with van der Waals surface area (Å²) < 4.78 is 2.93. The number of hydrogen-bond donors (Lipinski definition) is 0. The van der Waals surface area contributed by atoms with Crippen LogP contribution in [-0.2, 0) is 0 Å². The Labute approximate surface area is 127 Å². The second kappa shape index (κ2) is 5.44. The molecule has 0 atom stereocenters. The minimum atomic E-state index is 0.377. The summed E-state index contributed by atoms with van der Waals surface area (Å²) in [5.41, 5.74) is 6.97. The topological polar surface area (TPSA) is 0 Å². The van der Waals surface area contributed by atoms with Crippen LogP contribution in [0.15, 0.2) is 54.6 Å². The zero-order valence-corrected chi connectivity index (χ0v) is 13.8. The van der Waals surface area contributed by atoms with Gasteiger partial charge in [0, 0.05) is 0 Å². The van der Waals surface area contributed by atoms with E-state index < -0.39 is 0 Å². The third kappa shape index (κ3) is 2.52. The number of aryl methyl sites for hydroxylation is 3. The monoisotopic (exact) mass is 326 g/mol. The predicted octanol–water partition coefficient (Wildman–Crippen LogP) is 3.37. The van der Waals surface area contributed by atoms with Crippen LogP contribution in [0.4, 0.5) is 0 Å². The van der Waals surface area contributed by atoms with Crippen molar-refractivity contribution in [2.24, 2.45) is 0 Å². The van der Waals surface area contributed by atoms with E-state index in [0.717, 1.165) is 0 Å². The van der Waals surface area contributed by atoms with Gasteiger partial charge in [-0.15, -0.1) is 0 Å². The first kappa shape index (κ1) is 13.4. The van der Waals surface area contributed by atoms with E-state index in [1.807, 2.05) is 0 Å². The average molecular weight is 325 g/mol. The molecule has 0 heterocycles. The molecule has 100 valence electrons.